The van der Waals surface area contributed by atoms with Crippen molar-refractivity contribution >= 4 is 5.97 Å². The number of carbonyl (C=O) groups is 1. The molecule has 37 heavy (non-hydrogen) atoms. The van der Waals surface area contributed by atoms with Crippen LogP contribution in [0.1, 0.15) is 0 Å². The minimum Gasteiger partial charge on any atom is -0.392 e. The van der Waals surface area contributed by atoms with Gasteiger partial charge in [0, 0.05) is 0 Å². The molecule has 0 aromatic rings. The summed E-state index contributed by atoms with van der Waals surface area (Å²) in [5.41, 5.74) is 0. The summed E-state index contributed by atoms with van der Waals surface area (Å²) in [7, 11) is 0. The van der Waals surface area contributed by atoms with E-state index in [9.17, 15) is 92.6 Å². The van der Waals surface area contributed by atoms with Crippen LogP contribution in [0.5, 0.6) is 0 Å². The van der Waals surface area contributed by atoms with Crippen LogP contribution in [0.2, 0.25) is 0 Å². The number of carbonyl (C=O) groups excluding carboxylic acids is 1. The number of esters is 1. The summed E-state index contributed by atoms with van der Waals surface area (Å²) >= 11 is 0. The zero-order valence-electron chi connectivity index (χ0n) is 15.8. The van der Waals surface area contributed by atoms with Crippen molar-refractivity contribution in [2.24, 2.45) is 0 Å². The number of hydrogen-bond acceptors (Lipinski definition) is 5. The molecule has 0 amide bonds. The third-order valence-electron chi connectivity index (χ3n) is 3.79. The van der Waals surface area contributed by atoms with Gasteiger partial charge in [0.2, 0.25) is 0 Å². The molecule has 0 aliphatic carbocycles. The quantitative estimate of drug-likeness (QED) is 0.288. The van der Waals surface area contributed by atoms with Gasteiger partial charge in [-0.2, -0.15) is 87.8 Å². The van der Waals surface area contributed by atoms with Gasteiger partial charge >= 0.3 is 66.3 Å². The number of ether oxygens (including phenoxy) is 4. The molecule has 5 nitrogen and oxygen atoms in total. The highest BCUT2D eigenvalue weighted by Crippen LogP contribution is 2.57. The Morgan fingerprint density at radius 1 is 0.676 bits per heavy atom. The van der Waals surface area contributed by atoms with Gasteiger partial charge in [-0.15, -0.1) is 0 Å². The van der Waals surface area contributed by atoms with Crippen LogP contribution in [-0.2, 0) is 23.7 Å². The van der Waals surface area contributed by atoms with Crippen molar-refractivity contribution in [3.63, 3.8) is 0 Å². The molecule has 0 N–H and O–H groups in total. The van der Waals surface area contributed by atoms with Crippen LogP contribution in [0.4, 0.5) is 87.8 Å². The highest BCUT2D eigenvalue weighted by Gasteiger charge is 2.85. The van der Waals surface area contributed by atoms with Crippen LogP contribution in [0.15, 0.2) is 0 Å². The average molecular weight is 606 g/mol. The maximum absolute atomic E-state index is 14.1. The molecule has 2 unspecified atom stereocenters. The van der Waals surface area contributed by atoms with E-state index in [2.05, 4.69) is 9.47 Å². The van der Waals surface area contributed by atoms with Gasteiger partial charge in [-0.3, -0.25) is 9.47 Å². The van der Waals surface area contributed by atoms with Crippen molar-refractivity contribution in [1.82, 2.24) is 0 Å². The third kappa shape index (κ3) is 5.16. The Bertz CT molecular complexity index is 855. The summed E-state index contributed by atoms with van der Waals surface area (Å²) in [6.07, 6.45) is -44.2. The molecule has 1 aliphatic heterocycles. The van der Waals surface area contributed by atoms with Gasteiger partial charge in [0.15, 0.2) is 0 Å². The Kier molecular flexibility index (Phi) is 7.55. The van der Waals surface area contributed by atoms with Gasteiger partial charge in [0.05, 0.1) is 0 Å². The zero-order chi connectivity index (χ0) is 30.1. The molecule has 220 valence electrons. The second kappa shape index (κ2) is 8.47. The normalized spacial score (nSPS) is 24.1. The van der Waals surface area contributed by atoms with E-state index in [-0.39, 0.29) is 0 Å². The molecule has 0 bridgehead atoms. The van der Waals surface area contributed by atoms with E-state index < -0.39 is 72.9 Å². The summed E-state index contributed by atoms with van der Waals surface area (Å²) in [6.45, 7) is -3.36. The second-order valence-corrected chi connectivity index (χ2v) is 6.42. The van der Waals surface area contributed by atoms with E-state index in [1.165, 1.54) is 4.74 Å². The topological polar surface area (TPSA) is 54.0 Å². The van der Waals surface area contributed by atoms with Crippen LogP contribution in [-0.4, -0.2) is 72.9 Å². The van der Waals surface area contributed by atoms with Crippen molar-refractivity contribution in [2.45, 2.75) is 60.3 Å². The van der Waals surface area contributed by atoms with Crippen LogP contribution >= 0.6 is 0 Å². The van der Waals surface area contributed by atoms with E-state index in [4.69, 9.17) is 0 Å². The first-order chi connectivity index (χ1) is 15.7. The van der Waals surface area contributed by atoms with E-state index in [1.807, 2.05) is 4.74 Å². The molecule has 0 aromatic carbocycles. The van der Waals surface area contributed by atoms with Crippen molar-refractivity contribution in [2.75, 3.05) is 6.61 Å². The van der Waals surface area contributed by atoms with Crippen molar-refractivity contribution < 1.29 is 112 Å². The largest absolute Gasteiger partial charge is 0.464 e. The first-order valence-corrected chi connectivity index (χ1v) is 7.80. The van der Waals surface area contributed by atoms with Gasteiger partial charge < -0.3 is 9.47 Å². The highest BCUT2D eigenvalue weighted by atomic mass is 19.4. The molecule has 1 fully saturated rings. The fourth-order valence-electron chi connectivity index (χ4n) is 1.94. The van der Waals surface area contributed by atoms with Crippen LogP contribution in [0.25, 0.3) is 0 Å². The van der Waals surface area contributed by atoms with Crippen molar-refractivity contribution in [1.29, 1.82) is 0 Å². The van der Waals surface area contributed by atoms with Crippen LogP contribution in [0, 0.1) is 0 Å². The first kappa shape index (κ1) is 33.0. The van der Waals surface area contributed by atoms with Crippen molar-refractivity contribution in [3.8, 4) is 0 Å². The molecular weight excluding hydrogens is 604 g/mol. The molecule has 1 rings (SSSR count). The van der Waals surface area contributed by atoms with Crippen LogP contribution < -0.4 is 0 Å². The number of hydrogen-bond donors (Lipinski definition) is 0. The van der Waals surface area contributed by atoms with E-state index in [0.29, 0.717) is 0 Å². The maximum atomic E-state index is 14.1. The number of rotatable bonds is 6. The molecule has 1 aliphatic rings. The molecule has 0 radical (unpaired) electrons. The summed E-state index contributed by atoms with van der Waals surface area (Å²) in [6, 6.07) is 0. The Labute approximate surface area is 186 Å². The smallest absolute Gasteiger partial charge is 0.392 e. The highest BCUT2D eigenvalue weighted by molar-refractivity contribution is 5.79. The molecule has 0 aromatic heterocycles. The predicted octanol–water partition coefficient (Wildman–Crippen LogP) is 5.69. The fourth-order valence-corrected chi connectivity index (χ4v) is 1.94. The minimum atomic E-state index is -7.83. The standard InChI is InChI=1S/C12H2F20O5/c13-3(1-34-6(36-3,9(23,24)25)10(26,27)28)11(29,30)35-2(33)4(14,7(17,18)19)37-12(31,32)5(15,16)8(20,21)22/h1H2. The first-order valence-electron chi connectivity index (χ1n) is 7.80. The molecule has 0 saturated carbocycles. The zero-order valence-corrected chi connectivity index (χ0v) is 15.8. The maximum Gasteiger partial charge on any atom is 0.464 e. The predicted molar refractivity (Wildman–Crippen MR) is 63.7 cm³/mol. The minimum absolute atomic E-state index is 1.48. The lowest BCUT2D eigenvalue weighted by Gasteiger charge is -2.36. The molecule has 1 saturated heterocycles. The van der Waals surface area contributed by atoms with Gasteiger partial charge in [-0.1, -0.05) is 0 Å². The summed E-state index contributed by atoms with van der Waals surface area (Å²) < 4.78 is 266. The van der Waals surface area contributed by atoms with E-state index >= 15 is 0 Å². The lowest BCUT2D eigenvalue weighted by atomic mass is 10.2. The SMILES string of the molecule is O=C(OC(F)(F)C1(F)COC(C(F)(F)F)(C(F)(F)F)O1)C(F)(OC(F)(F)C(F)(F)C(F)(F)F)C(F)(F)F. The number of alkyl halides is 20. The molecule has 25 heteroatoms. The lowest BCUT2D eigenvalue weighted by Crippen LogP contribution is -2.64. The summed E-state index contributed by atoms with van der Waals surface area (Å²) in [5.74, 6) is -32.8. The Balaban J connectivity index is 3.48. The van der Waals surface area contributed by atoms with Crippen LogP contribution in [0.3, 0.4) is 0 Å². The van der Waals surface area contributed by atoms with Gasteiger partial charge in [0.1, 0.15) is 6.61 Å². The second-order valence-electron chi connectivity index (χ2n) is 6.42. The van der Waals surface area contributed by atoms with E-state index in [1.54, 1.807) is 0 Å². The third-order valence-corrected chi connectivity index (χ3v) is 3.79. The van der Waals surface area contributed by atoms with Gasteiger partial charge in [0.25, 0.3) is 0 Å². The van der Waals surface area contributed by atoms with Crippen molar-refractivity contribution in [3.05, 3.63) is 0 Å². The average Bonchev–Trinajstić information content (AvgIpc) is 3.00. The molecule has 0 spiro atoms. The molecular formula is C12H2F20O5. The summed E-state index contributed by atoms with van der Waals surface area (Å²) in [5, 5.41) is 0. The Hall–Kier alpha value is -2.05. The Morgan fingerprint density at radius 3 is 1.38 bits per heavy atom. The molecule has 1 heterocycles. The monoisotopic (exact) mass is 606 g/mol. The Morgan fingerprint density at radius 2 is 1.08 bits per heavy atom. The number of halogens is 20. The van der Waals surface area contributed by atoms with Gasteiger partial charge in [-0.05, 0) is 0 Å². The van der Waals surface area contributed by atoms with E-state index in [0.717, 1.165) is 0 Å². The van der Waals surface area contributed by atoms with Gasteiger partial charge in [-0.25, -0.2) is 4.79 Å². The lowest BCUT2D eigenvalue weighted by molar-refractivity contribution is -0.483. The fraction of sp³-hybridized carbons (Fsp3) is 0.917. The summed E-state index contributed by atoms with van der Waals surface area (Å²) in [4.78, 5) is 11.1. The molecule has 2 atom stereocenters.